The van der Waals surface area contributed by atoms with Gasteiger partial charge in [-0.05, 0) is 16.8 Å². The van der Waals surface area contributed by atoms with Crippen molar-refractivity contribution < 1.29 is 0 Å². The molecule has 0 saturated heterocycles. The predicted molar refractivity (Wildman–Crippen MR) is 59.3 cm³/mol. The molecule has 0 aromatic heterocycles. The molecule has 0 aromatic rings. The number of alkyl halides is 1. The van der Waals surface area contributed by atoms with Crippen molar-refractivity contribution in [3.8, 4) is 0 Å². The Balaban J connectivity index is 2.15. The molecule has 1 fully saturated rings. The summed E-state index contributed by atoms with van der Waals surface area (Å²) < 4.78 is 1.36. The minimum Gasteiger partial charge on any atom is -0.0864 e. The van der Waals surface area contributed by atoms with E-state index in [1.165, 1.54) is 55.8 Å². The first-order valence-corrected chi connectivity index (χ1v) is 6.52. The van der Waals surface area contributed by atoms with Gasteiger partial charge in [0.2, 0.25) is 0 Å². The topological polar surface area (TPSA) is 0 Å². The minimum atomic E-state index is 1.08. The van der Waals surface area contributed by atoms with Crippen molar-refractivity contribution >= 4 is 22.6 Å². The Morgan fingerprint density at radius 3 is 2.00 bits per heavy atom. The van der Waals surface area contributed by atoms with E-state index in [1.807, 2.05) is 0 Å². The number of hydrogen-bond donors (Lipinski definition) is 0. The van der Waals surface area contributed by atoms with E-state index in [4.69, 9.17) is 0 Å². The Labute approximate surface area is 84.3 Å². The summed E-state index contributed by atoms with van der Waals surface area (Å²) in [5.74, 6) is 1.08. The summed E-state index contributed by atoms with van der Waals surface area (Å²) in [5, 5.41) is 0. The smallest absolute Gasteiger partial charge is 0.000209 e. The molecule has 0 N–H and O–H groups in total. The van der Waals surface area contributed by atoms with Crippen molar-refractivity contribution in [2.24, 2.45) is 5.92 Å². The van der Waals surface area contributed by atoms with Crippen LogP contribution in [0, 0.1) is 5.92 Å². The van der Waals surface area contributed by atoms with Gasteiger partial charge in [0.05, 0.1) is 0 Å². The fourth-order valence-corrected chi connectivity index (χ4v) is 2.86. The molecule has 0 atom stereocenters. The Bertz CT molecular complexity index is 82.9. The summed E-state index contributed by atoms with van der Waals surface area (Å²) in [6.07, 6.45) is 12.0. The molecule has 1 aliphatic carbocycles. The quantitative estimate of drug-likeness (QED) is 0.519. The maximum atomic E-state index is 2.51. The summed E-state index contributed by atoms with van der Waals surface area (Å²) in [4.78, 5) is 0. The van der Waals surface area contributed by atoms with Crippen LogP contribution < -0.4 is 0 Å². The van der Waals surface area contributed by atoms with Crippen LogP contribution in [0.5, 0.6) is 0 Å². The van der Waals surface area contributed by atoms with Gasteiger partial charge in [0.1, 0.15) is 0 Å². The first-order chi connectivity index (χ1) is 5.43. The van der Waals surface area contributed by atoms with Crippen molar-refractivity contribution in [1.29, 1.82) is 0 Å². The Morgan fingerprint density at radius 1 is 0.909 bits per heavy atom. The highest BCUT2D eigenvalue weighted by Crippen LogP contribution is 2.24. The molecule has 0 aliphatic heterocycles. The minimum absolute atomic E-state index is 1.08. The molecule has 0 radical (unpaired) electrons. The largest absolute Gasteiger partial charge is 0.0864 e. The van der Waals surface area contributed by atoms with Gasteiger partial charge < -0.3 is 0 Å². The van der Waals surface area contributed by atoms with Crippen LogP contribution in [0.3, 0.4) is 0 Å². The van der Waals surface area contributed by atoms with Crippen molar-refractivity contribution in [2.45, 2.75) is 51.4 Å². The molecule has 1 saturated carbocycles. The van der Waals surface area contributed by atoms with E-state index in [-0.39, 0.29) is 0 Å². The number of halogens is 1. The molecule has 0 nitrogen and oxygen atoms in total. The first-order valence-electron chi connectivity index (χ1n) is 4.99. The van der Waals surface area contributed by atoms with E-state index >= 15 is 0 Å². The number of hydrogen-bond acceptors (Lipinski definition) is 0. The molecule has 1 heteroatoms. The Hall–Kier alpha value is 0.730. The van der Waals surface area contributed by atoms with Gasteiger partial charge in [-0.25, -0.2) is 0 Å². The van der Waals surface area contributed by atoms with Gasteiger partial charge in [0, 0.05) is 0 Å². The summed E-state index contributed by atoms with van der Waals surface area (Å²) in [6, 6.07) is 0. The van der Waals surface area contributed by atoms with E-state index in [9.17, 15) is 0 Å². The zero-order chi connectivity index (χ0) is 7.94. The van der Waals surface area contributed by atoms with Crippen LogP contribution in [0.4, 0.5) is 0 Å². The van der Waals surface area contributed by atoms with Gasteiger partial charge in [0.15, 0.2) is 0 Å². The number of rotatable bonds is 2. The average Bonchev–Trinajstić information content (AvgIpc) is 1.94. The van der Waals surface area contributed by atoms with Crippen LogP contribution in [-0.2, 0) is 0 Å². The third-order valence-electron chi connectivity index (χ3n) is 2.74. The zero-order valence-electron chi connectivity index (χ0n) is 7.32. The van der Waals surface area contributed by atoms with Gasteiger partial charge in [-0.1, -0.05) is 67.5 Å². The maximum absolute atomic E-state index is 2.51. The average molecular weight is 266 g/mol. The predicted octanol–water partition coefficient (Wildman–Crippen LogP) is 4.17. The third kappa shape index (κ3) is 4.34. The van der Waals surface area contributed by atoms with Gasteiger partial charge in [-0.3, -0.25) is 0 Å². The molecule has 0 heterocycles. The molecule has 66 valence electrons. The Kier molecular flexibility index (Phi) is 5.59. The van der Waals surface area contributed by atoms with Gasteiger partial charge in [-0.15, -0.1) is 0 Å². The highest BCUT2D eigenvalue weighted by atomic mass is 127. The molecule has 0 unspecified atom stereocenters. The van der Waals surface area contributed by atoms with Crippen molar-refractivity contribution in [3.63, 3.8) is 0 Å². The second-order valence-electron chi connectivity index (χ2n) is 3.69. The van der Waals surface area contributed by atoms with E-state index in [1.54, 1.807) is 0 Å². The van der Waals surface area contributed by atoms with Gasteiger partial charge >= 0.3 is 0 Å². The normalized spacial score (nSPS) is 22.6. The van der Waals surface area contributed by atoms with Crippen LogP contribution in [0.1, 0.15) is 51.4 Å². The molecule has 0 amide bonds. The van der Waals surface area contributed by atoms with E-state index in [0.29, 0.717) is 0 Å². The van der Waals surface area contributed by atoms with Crippen LogP contribution >= 0.6 is 22.6 Å². The third-order valence-corrected chi connectivity index (χ3v) is 3.36. The highest BCUT2D eigenvalue weighted by Gasteiger charge is 2.09. The molecule has 0 spiro atoms. The second-order valence-corrected chi connectivity index (χ2v) is 4.77. The highest BCUT2D eigenvalue weighted by molar-refractivity contribution is 14.1. The summed E-state index contributed by atoms with van der Waals surface area (Å²) in [6.45, 7) is 0. The van der Waals surface area contributed by atoms with E-state index in [2.05, 4.69) is 22.6 Å². The van der Waals surface area contributed by atoms with Crippen LogP contribution in [0.25, 0.3) is 0 Å². The first kappa shape index (κ1) is 9.82. The van der Waals surface area contributed by atoms with E-state index in [0.717, 1.165) is 5.92 Å². The lowest BCUT2D eigenvalue weighted by Gasteiger charge is -2.18. The molecule has 11 heavy (non-hydrogen) atoms. The Morgan fingerprint density at radius 2 is 1.45 bits per heavy atom. The van der Waals surface area contributed by atoms with Gasteiger partial charge in [-0.2, -0.15) is 0 Å². The van der Waals surface area contributed by atoms with Crippen molar-refractivity contribution in [2.75, 3.05) is 4.43 Å². The molecule has 1 rings (SSSR count). The SMILES string of the molecule is ICCC1CCCCCCC1. The monoisotopic (exact) mass is 266 g/mol. The van der Waals surface area contributed by atoms with Crippen molar-refractivity contribution in [3.05, 3.63) is 0 Å². The lowest BCUT2D eigenvalue weighted by Crippen LogP contribution is -2.03. The fraction of sp³-hybridized carbons (Fsp3) is 1.00. The molecule has 1 aliphatic rings. The molecule has 0 aromatic carbocycles. The summed E-state index contributed by atoms with van der Waals surface area (Å²) in [5.41, 5.74) is 0. The summed E-state index contributed by atoms with van der Waals surface area (Å²) in [7, 11) is 0. The zero-order valence-corrected chi connectivity index (χ0v) is 9.48. The second kappa shape index (κ2) is 6.27. The lowest BCUT2D eigenvalue weighted by atomic mass is 9.90. The van der Waals surface area contributed by atoms with Crippen LogP contribution in [-0.4, -0.2) is 4.43 Å². The standard InChI is InChI=1S/C10H19I/c11-9-8-10-6-4-2-1-3-5-7-10/h10H,1-9H2. The maximum Gasteiger partial charge on any atom is -0.000209 e. The van der Waals surface area contributed by atoms with Crippen LogP contribution in [0.15, 0.2) is 0 Å². The molecular weight excluding hydrogens is 247 g/mol. The molecular formula is C10H19I. The lowest BCUT2D eigenvalue weighted by molar-refractivity contribution is 0.373. The van der Waals surface area contributed by atoms with Crippen molar-refractivity contribution in [1.82, 2.24) is 0 Å². The van der Waals surface area contributed by atoms with Crippen LogP contribution in [0.2, 0.25) is 0 Å². The summed E-state index contributed by atoms with van der Waals surface area (Å²) >= 11 is 2.51. The molecule has 0 bridgehead atoms. The fourth-order valence-electron chi connectivity index (χ4n) is 1.98. The van der Waals surface area contributed by atoms with E-state index < -0.39 is 0 Å². The van der Waals surface area contributed by atoms with Gasteiger partial charge in [0.25, 0.3) is 0 Å².